The molecule has 0 saturated heterocycles. The molecule has 0 aliphatic carbocycles. The maximum atomic E-state index is 6.54. The van der Waals surface area contributed by atoms with Gasteiger partial charge in [-0.05, 0) is 41.8 Å². The summed E-state index contributed by atoms with van der Waals surface area (Å²) in [6, 6.07) is 9.45. The van der Waals surface area contributed by atoms with Crippen molar-refractivity contribution in [3.8, 4) is 5.75 Å². The maximum Gasteiger partial charge on any atom is 0.138 e. The SMILES string of the molecule is COc1cc(Cl)c(C(Cl)c2cc(C)cc(Br)c2)cc1Cl. The molecule has 0 N–H and O–H groups in total. The fourth-order valence-electron chi connectivity index (χ4n) is 1.99. The van der Waals surface area contributed by atoms with Crippen LogP contribution >= 0.6 is 50.7 Å². The summed E-state index contributed by atoms with van der Waals surface area (Å²) in [7, 11) is 1.55. The molecule has 5 heteroatoms. The molecule has 0 saturated carbocycles. The molecule has 0 radical (unpaired) electrons. The summed E-state index contributed by atoms with van der Waals surface area (Å²) in [5.41, 5.74) is 2.84. The van der Waals surface area contributed by atoms with Gasteiger partial charge >= 0.3 is 0 Å². The molecular formula is C15H12BrCl3O. The predicted molar refractivity (Wildman–Crippen MR) is 89.6 cm³/mol. The van der Waals surface area contributed by atoms with Gasteiger partial charge in [0.2, 0.25) is 0 Å². The molecule has 0 spiro atoms. The Morgan fingerprint density at radius 2 is 1.75 bits per heavy atom. The summed E-state index contributed by atoms with van der Waals surface area (Å²) >= 11 is 22.4. The van der Waals surface area contributed by atoms with Crippen LogP contribution in [0.25, 0.3) is 0 Å². The van der Waals surface area contributed by atoms with Crippen molar-refractivity contribution >= 4 is 50.7 Å². The van der Waals surface area contributed by atoms with Crippen molar-refractivity contribution in [3.05, 3.63) is 61.5 Å². The number of aryl methyl sites for hydroxylation is 1. The smallest absolute Gasteiger partial charge is 0.138 e. The highest BCUT2D eigenvalue weighted by molar-refractivity contribution is 9.10. The minimum atomic E-state index is -0.373. The van der Waals surface area contributed by atoms with Crippen molar-refractivity contribution in [3.63, 3.8) is 0 Å². The van der Waals surface area contributed by atoms with Gasteiger partial charge in [0.1, 0.15) is 5.75 Å². The maximum absolute atomic E-state index is 6.54. The van der Waals surface area contributed by atoms with Crippen molar-refractivity contribution in [1.82, 2.24) is 0 Å². The van der Waals surface area contributed by atoms with Crippen molar-refractivity contribution in [1.29, 1.82) is 0 Å². The van der Waals surface area contributed by atoms with Crippen LogP contribution in [0.3, 0.4) is 0 Å². The molecule has 0 aliphatic rings. The zero-order valence-corrected chi connectivity index (χ0v) is 14.7. The van der Waals surface area contributed by atoms with Crippen molar-refractivity contribution in [2.45, 2.75) is 12.3 Å². The molecule has 1 atom stereocenters. The number of ether oxygens (including phenoxy) is 1. The molecule has 1 unspecified atom stereocenters. The van der Waals surface area contributed by atoms with Crippen LogP contribution < -0.4 is 4.74 Å². The standard InChI is InChI=1S/C15H12BrCl3O/c1-8-3-9(5-10(16)4-8)15(19)11-6-13(18)14(20-2)7-12(11)17/h3-7,15H,1-2H3. The quantitative estimate of drug-likeness (QED) is 0.547. The average molecular weight is 395 g/mol. The monoisotopic (exact) mass is 392 g/mol. The van der Waals surface area contributed by atoms with Gasteiger partial charge in [-0.2, -0.15) is 0 Å². The number of hydrogen-bond donors (Lipinski definition) is 0. The van der Waals surface area contributed by atoms with Crippen molar-refractivity contribution < 1.29 is 4.74 Å². The molecule has 0 aliphatic heterocycles. The normalized spacial score (nSPS) is 12.3. The van der Waals surface area contributed by atoms with Gasteiger partial charge in [-0.15, -0.1) is 11.6 Å². The third-order valence-corrected chi connectivity index (χ3v) is 4.47. The van der Waals surface area contributed by atoms with Gasteiger partial charge in [-0.3, -0.25) is 0 Å². The Bertz CT molecular complexity index is 623. The molecule has 0 heterocycles. The van der Waals surface area contributed by atoms with Crippen LogP contribution in [0.2, 0.25) is 10.0 Å². The minimum Gasteiger partial charge on any atom is -0.495 e. The molecule has 0 bridgehead atoms. The number of rotatable bonds is 3. The Hall–Kier alpha value is -0.410. The van der Waals surface area contributed by atoms with Crippen LogP contribution in [0.15, 0.2) is 34.8 Å². The van der Waals surface area contributed by atoms with E-state index >= 15 is 0 Å². The number of halogens is 4. The van der Waals surface area contributed by atoms with Gasteiger partial charge < -0.3 is 4.74 Å². The second-order valence-electron chi connectivity index (χ2n) is 4.43. The van der Waals surface area contributed by atoms with Crippen molar-refractivity contribution in [2.75, 3.05) is 7.11 Å². The summed E-state index contributed by atoms with van der Waals surface area (Å²) in [5.74, 6) is 0.537. The van der Waals surface area contributed by atoms with Gasteiger partial charge in [0, 0.05) is 15.6 Å². The fraction of sp³-hybridized carbons (Fsp3) is 0.200. The zero-order chi connectivity index (χ0) is 14.9. The third kappa shape index (κ3) is 3.43. The lowest BCUT2D eigenvalue weighted by Crippen LogP contribution is -1.97. The van der Waals surface area contributed by atoms with Gasteiger partial charge in [-0.25, -0.2) is 0 Å². The molecule has 0 fully saturated rings. The first-order valence-corrected chi connectivity index (χ1v) is 7.85. The van der Waals surface area contributed by atoms with E-state index in [0.717, 1.165) is 21.2 Å². The molecule has 0 aromatic heterocycles. The van der Waals surface area contributed by atoms with Crippen LogP contribution in [0, 0.1) is 6.92 Å². The molecule has 106 valence electrons. The van der Waals surface area contributed by atoms with E-state index in [9.17, 15) is 0 Å². The first-order valence-electron chi connectivity index (χ1n) is 5.86. The molecule has 2 rings (SSSR count). The number of benzene rings is 2. The lowest BCUT2D eigenvalue weighted by molar-refractivity contribution is 0.415. The van der Waals surface area contributed by atoms with Gasteiger partial charge in [0.15, 0.2) is 0 Å². The molecule has 2 aromatic rings. The van der Waals surface area contributed by atoms with Crippen LogP contribution in [-0.2, 0) is 0 Å². The van der Waals surface area contributed by atoms with Crippen LogP contribution in [-0.4, -0.2) is 7.11 Å². The van der Waals surface area contributed by atoms with E-state index < -0.39 is 0 Å². The summed E-state index contributed by atoms with van der Waals surface area (Å²) in [6.45, 7) is 2.01. The van der Waals surface area contributed by atoms with E-state index in [0.29, 0.717) is 15.8 Å². The Kier molecular flexibility index (Phi) is 5.25. The Morgan fingerprint density at radius 1 is 1.05 bits per heavy atom. The molecule has 2 aromatic carbocycles. The highest BCUT2D eigenvalue weighted by Gasteiger charge is 2.17. The lowest BCUT2D eigenvalue weighted by Gasteiger charge is -2.15. The summed E-state index contributed by atoms with van der Waals surface area (Å²) in [4.78, 5) is 0. The highest BCUT2D eigenvalue weighted by atomic mass is 79.9. The first kappa shape index (κ1) is 16.0. The van der Waals surface area contributed by atoms with Crippen molar-refractivity contribution in [2.24, 2.45) is 0 Å². The summed E-state index contributed by atoms with van der Waals surface area (Å²) in [5, 5.41) is 0.648. The van der Waals surface area contributed by atoms with E-state index in [-0.39, 0.29) is 5.38 Å². The largest absolute Gasteiger partial charge is 0.495 e. The van der Waals surface area contributed by atoms with Crippen LogP contribution in [0.4, 0.5) is 0 Å². The van der Waals surface area contributed by atoms with E-state index in [1.807, 2.05) is 25.1 Å². The second-order valence-corrected chi connectivity index (χ2v) is 6.60. The van der Waals surface area contributed by atoms with E-state index in [4.69, 9.17) is 39.5 Å². The molecular weight excluding hydrogens is 382 g/mol. The van der Waals surface area contributed by atoms with Gasteiger partial charge in [0.25, 0.3) is 0 Å². The molecule has 20 heavy (non-hydrogen) atoms. The molecule has 0 amide bonds. The summed E-state index contributed by atoms with van der Waals surface area (Å²) in [6.07, 6.45) is 0. The lowest BCUT2D eigenvalue weighted by atomic mass is 10.0. The number of methoxy groups -OCH3 is 1. The Morgan fingerprint density at radius 3 is 2.35 bits per heavy atom. The highest BCUT2D eigenvalue weighted by Crippen LogP contribution is 2.39. The average Bonchev–Trinajstić information content (AvgIpc) is 2.39. The van der Waals surface area contributed by atoms with Crippen LogP contribution in [0.1, 0.15) is 22.1 Å². The number of hydrogen-bond acceptors (Lipinski definition) is 1. The van der Waals surface area contributed by atoms with Gasteiger partial charge in [0.05, 0.1) is 17.5 Å². The Labute approximate surface area is 141 Å². The Balaban J connectivity index is 2.47. The summed E-state index contributed by atoms with van der Waals surface area (Å²) < 4.78 is 6.12. The number of alkyl halides is 1. The van der Waals surface area contributed by atoms with E-state index in [2.05, 4.69) is 15.9 Å². The van der Waals surface area contributed by atoms with E-state index in [1.165, 1.54) is 0 Å². The third-order valence-electron chi connectivity index (χ3n) is 2.90. The fourth-order valence-corrected chi connectivity index (χ4v) is 3.48. The van der Waals surface area contributed by atoms with Crippen LogP contribution in [0.5, 0.6) is 5.75 Å². The van der Waals surface area contributed by atoms with Gasteiger partial charge in [-0.1, -0.05) is 45.2 Å². The first-order chi connectivity index (χ1) is 9.42. The molecule has 1 nitrogen and oxygen atoms in total. The zero-order valence-electron chi connectivity index (χ0n) is 10.9. The minimum absolute atomic E-state index is 0.373. The topological polar surface area (TPSA) is 9.23 Å². The predicted octanol–water partition coefficient (Wildman–Crippen LogP) is 6.40. The van der Waals surface area contributed by atoms with E-state index in [1.54, 1.807) is 19.2 Å². The second kappa shape index (κ2) is 6.57.